The van der Waals surface area contributed by atoms with Crippen LogP contribution in [0.1, 0.15) is 32.8 Å². The molecular formula is C21H26O8. The Balaban J connectivity index is 2.34. The van der Waals surface area contributed by atoms with Crippen LogP contribution in [-0.2, 0) is 44.5 Å². The van der Waals surface area contributed by atoms with Gasteiger partial charge in [-0.05, 0) is 19.4 Å². The number of rotatable bonds is 10. The van der Waals surface area contributed by atoms with Gasteiger partial charge in [0.15, 0.2) is 11.9 Å². The molecule has 0 bridgehead atoms. The number of hydrogen-bond donors (Lipinski definition) is 0. The molecule has 8 nitrogen and oxygen atoms in total. The van der Waals surface area contributed by atoms with E-state index in [1.165, 1.54) is 6.92 Å². The minimum atomic E-state index is -1.71. The average molecular weight is 406 g/mol. The summed E-state index contributed by atoms with van der Waals surface area (Å²) in [5.74, 6) is -4.20. The Hall–Kier alpha value is -2.71. The summed E-state index contributed by atoms with van der Waals surface area (Å²) < 4.78 is 27.5. The first-order valence-corrected chi connectivity index (χ1v) is 9.25. The van der Waals surface area contributed by atoms with Crippen molar-refractivity contribution < 1.29 is 38.1 Å². The van der Waals surface area contributed by atoms with Gasteiger partial charge in [0.1, 0.15) is 6.61 Å². The lowest BCUT2D eigenvalue weighted by Crippen LogP contribution is -2.47. The smallest absolute Gasteiger partial charge is 0.333 e. The summed E-state index contributed by atoms with van der Waals surface area (Å²) in [7, 11) is 0. The summed E-state index contributed by atoms with van der Waals surface area (Å²) in [6.45, 7) is 8.47. The maximum absolute atomic E-state index is 12.1. The second-order valence-corrected chi connectivity index (χ2v) is 6.84. The van der Waals surface area contributed by atoms with Crippen LogP contribution in [0.25, 0.3) is 0 Å². The van der Waals surface area contributed by atoms with Crippen molar-refractivity contribution in [1.82, 2.24) is 0 Å². The van der Waals surface area contributed by atoms with Gasteiger partial charge in [0, 0.05) is 25.3 Å². The molecule has 0 radical (unpaired) electrons. The van der Waals surface area contributed by atoms with Crippen molar-refractivity contribution in [3.63, 3.8) is 0 Å². The first-order chi connectivity index (χ1) is 13.7. The molecule has 1 aromatic carbocycles. The highest BCUT2D eigenvalue weighted by atomic mass is 16.8. The van der Waals surface area contributed by atoms with Gasteiger partial charge in [-0.15, -0.1) is 0 Å². The summed E-state index contributed by atoms with van der Waals surface area (Å²) in [5.41, 5.74) is 0.963. The highest BCUT2D eigenvalue weighted by Gasteiger charge is 2.58. The van der Waals surface area contributed by atoms with Gasteiger partial charge in [-0.1, -0.05) is 36.9 Å². The number of benzene rings is 1. The molecule has 3 atom stereocenters. The van der Waals surface area contributed by atoms with Crippen LogP contribution in [-0.4, -0.2) is 49.3 Å². The average Bonchev–Trinajstić information content (AvgIpc) is 2.91. The van der Waals surface area contributed by atoms with Crippen molar-refractivity contribution in [2.24, 2.45) is 0 Å². The first kappa shape index (κ1) is 22.6. The van der Waals surface area contributed by atoms with Crippen LogP contribution in [0.3, 0.4) is 0 Å². The van der Waals surface area contributed by atoms with E-state index in [9.17, 15) is 14.4 Å². The normalized spacial score (nSPS) is 25.8. The second kappa shape index (κ2) is 9.67. The largest absolute Gasteiger partial charge is 0.465 e. The molecule has 1 aliphatic rings. The van der Waals surface area contributed by atoms with E-state index in [2.05, 4.69) is 6.58 Å². The molecular weight excluding hydrogens is 380 g/mol. The molecule has 1 aromatic rings. The van der Waals surface area contributed by atoms with Crippen LogP contribution < -0.4 is 0 Å². The topological polar surface area (TPSA) is 97.4 Å². The van der Waals surface area contributed by atoms with Gasteiger partial charge < -0.3 is 23.7 Å². The summed E-state index contributed by atoms with van der Waals surface area (Å²) in [5, 5.41) is 0. The third kappa shape index (κ3) is 5.88. The second-order valence-electron chi connectivity index (χ2n) is 6.84. The van der Waals surface area contributed by atoms with Crippen LogP contribution in [0.5, 0.6) is 0 Å². The fourth-order valence-electron chi connectivity index (χ4n) is 3.30. The van der Waals surface area contributed by atoms with Crippen molar-refractivity contribution in [2.75, 3.05) is 13.2 Å². The Bertz CT molecular complexity index is 746. The van der Waals surface area contributed by atoms with Crippen LogP contribution in [0, 0.1) is 0 Å². The molecule has 8 heteroatoms. The molecule has 1 heterocycles. The van der Waals surface area contributed by atoms with Crippen molar-refractivity contribution in [3.8, 4) is 0 Å². The lowest BCUT2D eigenvalue weighted by molar-refractivity contribution is -0.252. The fourth-order valence-corrected chi connectivity index (χ4v) is 3.30. The zero-order chi connectivity index (χ0) is 21.5. The van der Waals surface area contributed by atoms with Gasteiger partial charge in [0.25, 0.3) is 6.47 Å². The van der Waals surface area contributed by atoms with E-state index in [1.54, 1.807) is 13.8 Å². The SMILES string of the molecule is C=C(CC1(OC(C)=O)OC(C)(Cc2ccccc2)OC1COC=O)C(=O)OCC. The summed E-state index contributed by atoms with van der Waals surface area (Å²) in [6.07, 6.45) is -0.847. The molecule has 0 aliphatic carbocycles. The summed E-state index contributed by atoms with van der Waals surface area (Å²) in [4.78, 5) is 34.7. The zero-order valence-electron chi connectivity index (χ0n) is 16.8. The predicted octanol–water partition coefficient (Wildman–Crippen LogP) is 2.30. The Morgan fingerprint density at radius 3 is 2.55 bits per heavy atom. The maximum atomic E-state index is 12.1. The molecule has 1 aliphatic heterocycles. The van der Waals surface area contributed by atoms with Crippen molar-refractivity contribution in [2.45, 2.75) is 51.3 Å². The van der Waals surface area contributed by atoms with E-state index in [-0.39, 0.29) is 31.7 Å². The maximum Gasteiger partial charge on any atom is 0.333 e. The number of esters is 2. The minimum absolute atomic E-state index is 0.0387. The zero-order valence-corrected chi connectivity index (χ0v) is 16.8. The van der Waals surface area contributed by atoms with E-state index in [4.69, 9.17) is 23.7 Å². The van der Waals surface area contributed by atoms with Gasteiger partial charge in [-0.3, -0.25) is 9.59 Å². The number of hydrogen-bond acceptors (Lipinski definition) is 8. The van der Waals surface area contributed by atoms with Crippen LogP contribution >= 0.6 is 0 Å². The molecule has 0 amide bonds. The number of carbonyl (C=O) groups excluding carboxylic acids is 3. The third-order valence-electron chi connectivity index (χ3n) is 4.29. The minimum Gasteiger partial charge on any atom is -0.465 e. The third-order valence-corrected chi connectivity index (χ3v) is 4.29. The quantitative estimate of drug-likeness (QED) is 0.253. The van der Waals surface area contributed by atoms with Gasteiger partial charge in [0.2, 0.25) is 5.79 Å². The van der Waals surface area contributed by atoms with E-state index in [0.29, 0.717) is 6.42 Å². The fraction of sp³-hybridized carbons (Fsp3) is 0.476. The van der Waals surface area contributed by atoms with Crippen LogP contribution in [0.4, 0.5) is 0 Å². The monoisotopic (exact) mass is 406 g/mol. The van der Waals surface area contributed by atoms with Gasteiger partial charge in [-0.2, -0.15) is 0 Å². The van der Waals surface area contributed by atoms with E-state index in [0.717, 1.165) is 5.56 Å². The van der Waals surface area contributed by atoms with E-state index >= 15 is 0 Å². The van der Waals surface area contributed by atoms with Gasteiger partial charge >= 0.3 is 11.9 Å². The molecule has 0 aromatic heterocycles. The Morgan fingerprint density at radius 1 is 1.28 bits per heavy atom. The highest BCUT2D eigenvalue weighted by molar-refractivity contribution is 5.87. The van der Waals surface area contributed by atoms with E-state index < -0.39 is 29.6 Å². The van der Waals surface area contributed by atoms with Crippen LogP contribution in [0.15, 0.2) is 42.5 Å². The predicted molar refractivity (Wildman–Crippen MR) is 101 cm³/mol. The Kier molecular flexibility index (Phi) is 7.53. The molecule has 29 heavy (non-hydrogen) atoms. The van der Waals surface area contributed by atoms with Crippen molar-refractivity contribution >= 4 is 18.4 Å². The van der Waals surface area contributed by atoms with Gasteiger partial charge in [-0.25, -0.2) is 4.79 Å². The van der Waals surface area contributed by atoms with E-state index in [1.807, 2.05) is 30.3 Å². The lowest BCUT2D eigenvalue weighted by Gasteiger charge is -2.32. The molecule has 0 spiro atoms. The molecule has 0 N–H and O–H groups in total. The summed E-state index contributed by atoms with van der Waals surface area (Å²) in [6, 6.07) is 9.44. The van der Waals surface area contributed by atoms with Gasteiger partial charge in [0.05, 0.1) is 6.61 Å². The molecule has 0 saturated carbocycles. The Labute approximate surface area is 169 Å². The summed E-state index contributed by atoms with van der Waals surface area (Å²) >= 11 is 0. The molecule has 2 rings (SSSR count). The Morgan fingerprint density at radius 2 is 1.97 bits per heavy atom. The molecule has 1 saturated heterocycles. The lowest BCUT2D eigenvalue weighted by atomic mass is 10.0. The van der Waals surface area contributed by atoms with Crippen molar-refractivity contribution in [1.29, 1.82) is 0 Å². The highest BCUT2D eigenvalue weighted by Crippen LogP contribution is 2.43. The van der Waals surface area contributed by atoms with Crippen LogP contribution in [0.2, 0.25) is 0 Å². The molecule has 3 unspecified atom stereocenters. The standard InChI is InChI=1S/C21H26O8/c1-5-26-19(24)15(2)11-21(27-16(3)23)18(13-25-14-22)28-20(4,29-21)12-17-9-7-6-8-10-17/h6-10,14,18H,2,5,11-13H2,1,3-4H3. The number of ether oxygens (including phenoxy) is 5. The number of carbonyl (C=O) groups is 3. The molecule has 1 fully saturated rings. The van der Waals surface area contributed by atoms with Crippen molar-refractivity contribution in [3.05, 3.63) is 48.0 Å². The molecule has 158 valence electrons. The first-order valence-electron chi connectivity index (χ1n) is 9.25.